The molecule has 0 aromatic heterocycles. The van der Waals surface area contributed by atoms with Crippen LogP contribution < -0.4 is 5.32 Å². The maximum absolute atomic E-state index is 12.1. The molecular weight excluding hydrogens is 251 g/mol. The van der Waals surface area contributed by atoms with E-state index in [2.05, 4.69) is 0 Å². The summed E-state index contributed by atoms with van der Waals surface area (Å²) in [6.07, 6.45) is -4.89. The minimum atomic E-state index is -5.02. The van der Waals surface area contributed by atoms with E-state index in [1.165, 1.54) is 13.8 Å². The van der Waals surface area contributed by atoms with E-state index in [0.717, 1.165) is 0 Å². The highest BCUT2D eigenvalue weighted by atomic mass is 19.4. The molecule has 0 aliphatic heterocycles. The van der Waals surface area contributed by atoms with Gasteiger partial charge in [-0.05, 0) is 26.7 Å². The summed E-state index contributed by atoms with van der Waals surface area (Å²) in [5.74, 6) is -3.01. The Hall–Kier alpha value is -1.27. The molecule has 0 aromatic rings. The van der Waals surface area contributed by atoms with E-state index in [0.29, 0.717) is 6.42 Å². The number of hydrogen-bond acceptors (Lipinski definition) is 3. The first-order chi connectivity index (χ1) is 8.06. The fourth-order valence-corrected chi connectivity index (χ4v) is 1.00. The highest BCUT2D eigenvalue weighted by Gasteiger charge is 2.45. The quantitative estimate of drug-likeness (QED) is 0.778. The van der Waals surface area contributed by atoms with Gasteiger partial charge in [0.2, 0.25) is 0 Å². The van der Waals surface area contributed by atoms with Gasteiger partial charge in [-0.2, -0.15) is 13.2 Å². The fourth-order valence-electron chi connectivity index (χ4n) is 1.00. The number of carbonyl (C=O) groups excluding carboxylic acids is 2. The molecule has 1 N–H and O–H groups in total. The summed E-state index contributed by atoms with van der Waals surface area (Å²) in [5.41, 5.74) is -1.67. The first kappa shape index (κ1) is 16.7. The molecular formula is C11H18F3NO3. The number of rotatable bonds is 5. The van der Waals surface area contributed by atoms with Crippen molar-refractivity contribution in [3.05, 3.63) is 0 Å². The molecule has 1 unspecified atom stereocenters. The number of hydrogen-bond donors (Lipinski definition) is 1. The molecule has 0 aliphatic rings. The van der Waals surface area contributed by atoms with Crippen molar-refractivity contribution >= 4 is 11.9 Å². The minimum Gasteiger partial charge on any atom is -0.461 e. The number of nitrogens with one attached hydrogen (secondary N) is 1. The predicted octanol–water partition coefficient (Wildman–Crippen LogP) is 2.18. The summed E-state index contributed by atoms with van der Waals surface area (Å²) in [7, 11) is 0. The number of alkyl halides is 3. The zero-order chi connectivity index (χ0) is 14.6. The zero-order valence-electron chi connectivity index (χ0n) is 10.9. The van der Waals surface area contributed by atoms with Gasteiger partial charge in [0.1, 0.15) is 5.54 Å². The van der Waals surface area contributed by atoms with Gasteiger partial charge in [0.05, 0.1) is 6.10 Å². The van der Waals surface area contributed by atoms with Crippen LogP contribution in [0.25, 0.3) is 0 Å². The van der Waals surface area contributed by atoms with Crippen molar-refractivity contribution in [2.75, 3.05) is 0 Å². The van der Waals surface area contributed by atoms with Crippen LogP contribution in [0.2, 0.25) is 0 Å². The molecule has 0 spiro atoms. The normalized spacial score (nSPS) is 16.6. The highest BCUT2D eigenvalue weighted by Crippen LogP contribution is 2.19. The molecule has 0 rings (SSSR count). The second-order valence-electron chi connectivity index (χ2n) is 4.26. The van der Waals surface area contributed by atoms with Gasteiger partial charge in [-0.3, -0.25) is 4.79 Å². The van der Waals surface area contributed by atoms with Crippen molar-refractivity contribution < 1.29 is 27.5 Å². The van der Waals surface area contributed by atoms with E-state index in [9.17, 15) is 22.8 Å². The van der Waals surface area contributed by atoms with Crippen molar-refractivity contribution in [1.29, 1.82) is 0 Å². The Morgan fingerprint density at radius 3 is 2.11 bits per heavy atom. The largest absolute Gasteiger partial charge is 0.471 e. The van der Waals surface area contributed by atoms with Gasteiger partial charge in [0.15, 0.2) is 0 Å². The standard InChI is InChI=1S/C11H18F3NO3/c1-5-7(3)18-9(17)10(4,6-2)15-8(16)11(12,13)14/h7H,5-6H2,1-4H3,(H,15,16)/t7?,10-/m0/s1. The molecule has 1 amide bonds. The third-order valence-corrected chi connectivity index (χ3v) is 2.69. The summed E-state index contributed by atoms with van der Waals surface area (Å²) >= 11 is 0. The summed E-state index contributed by atoms with van der Waals surface area (Å²) in [5, 5.41) is 1.67. The fraction of sp³-hybridized carbons (Fsp3) is 0.818. The number of ether oxygens (including phenoxy) is 1. The molecule has 4 nitrogen and oxygen atoms in total. The van der Waals surface area contributed by atoms with E-state index in [1.807, 2.05) is 0 Å². The van der Waals surface area contributed by atoms with E-state index in [-0.39, 0.29) is 6.42 Å². The molecule has 0 aromatic carbocycles. The lowest BCUT2D eigenvalue weighted by Gasteiger charge is -2.29. The minimum absolute atomic E-state index is 0.00406. The number of amides is 1. The third kappa shape index (κ3) is 4.54. The topological polar surface area (TPSA) is 55.4 Å². The summed E-state index contributed by atoms with van der Waals surface area (Å²) < 4.78 is 41.4. The molecule has 18 heavy (non-hydrogen) atoms. The molecule has 0 bridgehead atoms. The zero-order valence-corrected chi connectivity index (χ0v) is 10.9. The van der Waals surface area contributed by atoms with Crippen LogP contribution in [0.15, 0.2) is 0 Å². The molecule has 0 aliphatic carbocycles. The van der Waals surface area contributed by atoms with Crippen molar-refractivity contribution in [3.8, 4) is 0 Å². The average Bonchev–Trinajstić information content (AvgIpc) is 2.27. The Kier molecular flexibility index (Phi) is 5.63. The van der Waals surface area contributed by atoms with Crippen LogP contribution >= 0.6 is 0 Å². The van der Waals surface area contributed by atoms with Crippen LogP contribution in [-0.4, -0.2) is 29.7 Å². The molecule has 0 saturated carbocycles. The lowest BCUT2D eigenvalue weighted by atomic mass is 9.99. The maximum atomic E-state index is 12.1. The molecule has 7 heteroatoms. The van der Waals surface area contributed by atoms with Crippen LogP contribution in [-0.2, 0) is 14.3 Å². The van der Waals surface area contributed by atoms with Crippen molar-refractivity contribution in [2.45, 2.75) is 58.4 Å². The second-order valence-corrected chi connectivity index (χ2v) is 4.26. The van der Waals surface area contributed by atoms with Gasteiger partial charge in [0.25, 0.3) is 0 Å². The highest BCUT2D eigenvalue weighted by molar-refractivity contribution is 5.90. The Morgan fingerprint density at radius 1 is 1.28 bits per heavy atom. The van der Waals surface area contributed by atoms with Crippen molar-refractivity contribution in [2.24, 2.45) is 0 Å². The maximum Gasteiger partial charge on any atom is 0.471 e. The van der Waals surface area contributed by atoms with Crippen LogP contribution in [0.5, 0.6) is 0 Å². The Morgan fingerprint density at radius 2 is 1.78 bits per heavy atom. The molecule has 2 atom stereocenters. The third-order valence-electron chi connectivity index (χ3n) is 2.69. The average molecular weight is 269 g/mol. The van der Waals surface area contributed by atoms with Gasteiger partial charge in [0, 0.05) is 0 Å². The van der Waals surface area contributed by atoms with Gasteiger partial charge >= 0.3 is 18.1 Å². The number of halogens is 3. The van der Waals surface area contributed by atoms with Gasteiger partial charge in [-0.25, -0.2) is 4.79 Å². The number of carbonyl (C=O) groups is 2. The van der Waals surface area contributed by atoms with Gasteiger partial charge in [-0.15, -0.1) is 0 Å². The molecule has 0 heterocycles. The van der Waals surface area contributed by atoms with Crippen molar-refractivity contribution in [1.82, 2.24) is 5.32 Å². The molecule has 0 radical (unpaired) electrons. The van der Waals surface area contributed by atoms with Gasteiger partial charge < -0.3 is 10.1 Å². The first-order valence-electron chi connectivity index (χ1n) is 5.67. The van der Waals surface area contributed by atoms with E-state index in [4.69, 9.17) is 4.74 Å². The van der Waals surface area contributed by atoms with Gasteiger partial charge in [-0.1, -0.05) is 13.8 Å². The Balaban J connectivity index is 4.81. The molecule has 0 saturated heterocycles. The summed E-state index contributed by atoms with van der Waals surface area (Å²) in [4.78, 5) is 22.6. The van der Waals surface area contributed by atoms with E-state index >= 15 is 0 Å². The molecule has 106 valence electrons. The Labute approximate surface area is 104 Å². The van der Waals surface area contributed by atoms with E-state index < -0.39 is 29.7 Å². The number of esters is 1. The monoisotopic (exact) mass is 269 g/mol. The lowest BCUT2D eigenvalue weighted by Crippen LogP contribution is -2.56. The first-order valence-corrected chi connectivity index (χ1v) is 5.67. The smallest absolute Gasteiger partial charge is 0.461 e. The summed E-state index contributed by atoms with van der Waals surface area (Å²) in [6.45, 7) is 6.10. The molecule has 0 fully saturated rings. The lowest BCUT2D eigenvalue weighted by molar-refractivity contribution is -0.179. The second kappa shape index (κ2) is 6.06. The van der Waals surface area contributed by atoms with E-state index in [1.54, 1.807) is 19.2 Å². The van der Waals surface area contributed by atoms with Crippen molar-refractivity contribution in [3.63, 3.8) is 0 Å². The predicted molar refractivity (Wildman–Crippen MR) is 58.7 cm³/mol. The van der Waals surface area contributed by atoms with Crippen LogP contribution in [0, 0.1) is 0 Å². The summed E-state index contributed by atoms with van der Waals surface area (Å²) in [6, 6.07) is 0. The Bertz CT molecular complexity index is 317. The van der Waals surface area contributed by atoms with Crippen LogP contribution in [0.1, 0.15) is 40.5 Å². The van der Waals surface area contributed by atoms with Crippen LogP contribution in [0.3, 0.4) is 0 Å². The van der Waals surface area contributed by atoms with Crippen LogP contribution in [0.4, 0.5) is 13.2 Å². The SMILES string of the molecule is CCC(C)OC(=O)[C@](C)(CC)NC(=O)C(F)(F)F.